The van der Waals surface area contributed by atoms with E-state index in [2.05, 4.69) is 20.5 Å². The van der Waals surface area contributed by atoms with Gasteiger partial charge in [0.2, 0.25) is 5.95 Å². The predicted octanol–water partition coefficient (Wildman–Crippen LogP) is 3.86. The van der Waals surface area contributed by atoms with Crippen LogP contribution in [-0.2, 0) is 0 Å². The van der Waals surface area contributed by atoms with Gasteiger partial charge in [0.1, 0.15) is 17.4 Å². The van der Waals surface area contributed by atoms with Crippen LogP contribution in [-0.4, -0.2) is 16.2 Å². The number of anilines is 1. The molecule has 2 aromatic carbocycles. The highest BCUT2D eigenvalue weighted by atomic mass is 35.5. The number of aryl methyl sites for hydroxylation is 1. The zero-order valence-electron chi connectivity index (χ0n) is 14.1. The van der Waals surface area contributed by atoms with Gasteiger partial charge in [-0.05, 0) is 24.6 Å². The van der Waals surface area contributed by atoms with Crippen LogP contribution in [0.4, 0.5) is 10.3 Å². The first kappa shape index (κ1) is 18.3. The van der Waals surface area contributed by atoms with Gasteiger partial charge in [0, 0.05) is 11.1 Å². The fraction of sp³-hybridized carbons (Fsp3) is 0.0526. The van der Waals surface area contributed by atoms with E-state index in [1.807, 2.05) is 12.1 Å². The Kier molecular flexibility index (Phi) is 5.29. The number of hydrogen-bond donors (Lipinski definition) is 2. The standard InChI is InChI=1S/C19H13ClFN5O/c1-11-7-13(15(20)8-16(11)21)10-23-26-19-24-17(12-5-3-2-4-6-12)14(9-22)18(27)25-19/h2-8,10H,1H3,(H2,24,25,26,27). The minimum atomic E-state index is -0.584. The summed E-state index contributed by atoms with van der Waals surface area (Å²) in [6.07, 6.45) is 1.38. The molecular formula is C19H13ClFN5O. The maximum atomic E-state index is 13.4. The molecule has 0 saturated carbocycles. The number of aromatic nitrogens is 2. The van der Waals surface area contributed by atoms with E-state index >= 15 is 0 Å². The first-order valence-electron chi connectivity index (χ1n) is 7.84. The minimum absolute atomic E-state index is 0.0593. The summed E-state index contributed by atoms with van der Waals surface area (Å²) in [6, 6.07) is 13.5. The summed E-state index contributed by atoms with van der Waals surface area (Å²) in [6.45, 7) is 1.61. The van der Waals surface area contributed by atoms with Gasteiger partial charge < -0.3 is 0 Å². The van der Waals surface area contributed by atoms with Crippen molar-refractivity contribution in [2.75, 3.05) is 5.43 Å². The van der Waals surface area contributed by atoms with Crippen molar-refractivity contribution in [3.63, 3.8) is 0 Å². The fourth-order valence-electron chi connectivity index (χ4n) is 2.38. The lowest BCUT2D eigenvalue weighted by Crippen LogP contribution is -2.16. The number of hydrazone groups is 1. The van der Waals surface area contributed by atoms with E-state index in [-0.39, 0.29) is 22.2 Å². The third-order valence-corrected chi connectivity index (χ3v) is 4.06. The number of nitriles is 1. The molecule has 0 unspecified atom stereocenters. The number of benzene rings is 2. The molecule has 0 atom stereocenters. The molecule has 1 aromatic heterocycles. The van der Waals surface area contributed by atoms with E-state index in [0.29, 0.717) is 16.7 Å². The molecular weight excluding hydrogens is 369 g/mol. The Morgan fingerprint density at radius 3 is 2.78 bits per heavy atom. The van der Waals surface area contributed by atoms with Crippen molar-refractivity contribution < 1.29 is 4.39 Å². The van der Waals surface area contributed by atoms with Gasteiger partial charge in [-0.2, -0.15) is 10.4 Å². The number of halogens is 2. The maximum Gasteiger partial charge on any atom is 0.270 e. The SMILES string of the molecule is Cc1cc(C=NNc2nc(-c3ccccc3)c(C#N)c(=O)[nH]2)c(Cl)cc1F. The maximum absolute atomic E-state index is 13.4. The van der Waals surface area contributed by atoms with E-state index < -0.39 is 11.4 Å². The summed E-state index contributed by atoms with van der Waals surface area (Å²) < 4.78 is 13.4. The van der Waals surface area contributed by atoms with Gasteiger partial charge in [0.05, 0.1) is 16.9 Å². The van der Waals surface area contributed by atoms with E-state index in [4.69, 9.17) is 11.6 Å². The van der Waals surface area contributed by atoms with Crippen molar-refractivity contribution in [1.29, 1.82) is 5.26 Å². The highest BCUT2D eigenvalue weighted by Crippen LogP contribution is 2.20. The monoisotopic (exact) mass is 381 g/mol. The molecule has 3 rings (SSSR count). The van der Waals surface area contributed by atoms with Crippen LogP contribution in [0.3, 0.4) is 0 Å². The molecule has 0 saturated heterocycles. The van der Waals surface area contributed by atoms with Crippen molar-refractivity contribution in [1.82, 2.24) is 9.97 Å². The van der Waals surface area contributed by atoms with E-state index in [0.717, 1.165) is 0 Å². The van der Waals surface area contributed by atoms with Gasteiger partial charge in [0.25, 0.3) is 5.56 Å². The Bertz CT molecular complexity index is 1120. The normalized spacial score (nSPS) is 10.7. The highest BCUT2D eigenvalue weighted by molar-refractivity contribution is 6.33. The molecule has 0 spiro atoms. The summed E-state index contributed by atoms with van der Waals surface area (Å²) in [5.41, 5.74) is 3.73. The number of nitrogens with zero attached hydrogens (tertiary/aromatic N) is 3. The van der Waals surface area contributed by atoms with Gasteiger partial charge >= 0.3 is 0 Å². The average molecular weight is 382 g/mol. The molecule has 27 heavy (non-hydrogen) atoms. The van der Waals surface area contributed by atoms with Gasteiger partial charge in [-0.25, -0.2) is 14.8 Å². The number of nitrogens with one attached hydrogen (secondary N) is 2. The van der Waals surface area contributed by atoms with Crippen molar-refractivity contribution in [3.8, 4) is 17.3 Å². The molecule has 0 aliphatic heterocycles. The molecule has 8 heteroatoms. The van der Waals surface area contributed by atoms with Crippen molar-refractivity contribution >= 4 is 23.8 Å². The molecule has 3 aromatic rings. The van der Waals surface area contributed by atoms with Crippen LogP contribution in [0.25, 0.3) is 11.3 Å². The smallest absolute Gasteiger partial charge is 0.270 e. The van der Waals surface area contributed by atoms with Gasteiger partial charge in [0.15, 0.2) is 0 Å². The summed E-state index contributed by atoms with van der Waals surface area (Å²) in [5, 5.41) is 13.4. The Morgan fingerprint density at radius 2 is 2.07 bits per heavy atom. The van der Waals surface area contributed by atoms with Crippen LogP contribution in [0.5, 0.6) is 0 Å². The molecule has 0 bridgehead atoms. The minimum Gasteiger partial charge on any atom is -0.290 e. The highest BCUT2D eigenvalue weighted by Gasteiger charge is 2.12. The zero-order chi connectivity index (χ0) is 19.4. The molecule has 0 amide bonds. The van der Waals surface area contributed by atoms with Crippen molar-refractivity contribution in [3.05, 3.63) is 80.3 Å². The molecule has 6 nitrogen and oxygen atoms in total. The Hall–Kier alpha value is -3.50. The number of hydrogen-bond acceptors (Lipinski definition) is 5. The largest absolute Gasteiger partial charge is 0.290 e. The van der Waals surface area contributed by atoms with E-state index in [1.54, 1.807) is 37.3 Å². The van der Waals surface area contributed by atoms with Crippen LogP contribution >= 0.6 is 11.6 Å². The molecule has 0 aliphatic carbocycles. The summed E-state index contributed by atoms with van der Waals surface area (Å²) in [7, 11) is 0. The molecule has 0 fully saturated rings. The van der Waals surface area contributed by atoms with Crippen molar-refractivity contribution in [2.45, 2.75) is 6.92 Å². The lowest BCUT2D eigenvalue weighted by Gasteiger charge is -2.06. The van der Waals surface area contributed by atoms with Gasteiger partial charge in [-0.1, -0.05) is 41.9 Å². The van der Waals surface area contributed by atoms with Crippen LogP contribution < -0.4 is 11.0 Å². The number of rotatable bonds is 4. The first-order chi connectivity index (χ1) is 13.0. The second kappa shape index (κ2) is 7.81. The molecule has 1 heterocycles. The average Bonchev–Trinajstić information content (AvgIpc) is 2.66. The lowest BCUT2D eigenvalue weighted by atomic mass is 10.1. The van der Waals surface area contributed by atoms with Crippen LogP contribution in [0.2, 0.25) is 5.02 Å². The van der Waals surface area contributed by atoms with Crippen LogP contribution in [0, 0.1) is 24.1 Å². The third-order valence-electron chi connectivity index (χ3n) is 3.73. The Morgan fingerprint density at radius 1 is 1.33 bits per heavy atom. The summed E-state index contributed by atoms with van der Waals surface area (Å²) in [4.78, 5) is 18.9. The Labute approximate surface area is 159 Å². The molecule has 0 radical (unpaired) electrons. The first-order valence-corrected chi connectivity index (χ1v) is 8.22. The number of H-pyrrole nitrogens is 1. The third kappa shape index (κ3) is 4.02. The van der Waals surface area contributed by atoms with Gasteiger partial charge in [-0.15, -0.1) is 0 Å². The molecule has 0 aliphatic rings. The summed E-state index contributed by atoms with van der Waals surface area (Å²) in [5.74, 6) is -0.347. The van der Waals surface area contributed by atoms with Crippen LogP contribution in [0.15, 0.2) is 52.4 Å². The molecule has 134 valence electrons. The second-order valence-corrected chi connectivity index (χ2v) is 6.02. The fourth-order valence-corrected chi connectivity index (χ4v) is 2.58. The topological polar surface area (TPSA) is 93.9 Å². The van der Waals surface area contributed by atoms with E-state index in [1.165, 1.54) is 12.3 Å². The zero-order valence-corrected chi connectivity index (χ0v) is 14.9. The van der Waals surface area contributed by atoms with Crippen LogP contribution in [0.1, 0.15) is 16.7 Å². The Balaban J connectivity index is 1.93. The van der Waals surface area contributed by atoms with Gasteiger partial charge in [-0.3, -0.25) is 9.78 Å². The lowest BCUT2D eigenvalue weighted by molar-refractivity contribution is 0.618. The molecule has 2 N–H and O–H groups in total. The number of aromatic amines is 1. The van der Waals surface area contributed by atoms with Crippen molar-refractivity contribution in [2.24, 2.45) is 5.10 Å². The predicted molar refractivity (Wildman–Crippen MR) is 102 cm³/mol. The van der Waals surface area contributed by atoms with E-state index in [9.17, 15) is 14.4 Å². The second-order valence-electron chi connectivity index (χ2n) is 5.61. The summed E-state index contributed by atoms with van der Waals surface area (Å²) >= 11 is 5.98. The quantitative estimate of drug-likeness (QED) is 0.530.